The summed E-state index contributed by atoms with van der Waals surface area (Å²) in [6.45, 7) is 17.2. The van der Waals surface area contributed by atoms with Crippen LogP contribution in [0.3, 0.4) is 0 Å². The Labute approximate surface area is 182 Å². The molecule has 7 nitrogen and oxygen atoms in total. The van der Waals surface area contributed by atoms with Crippen LogP contribution in [0.5, 0.6) is 5.75 Å². The van der Waals surface area contributed by atoms with Crippen molar-refractivity contribution in [3.05, 3.63) is 85.7 Å². The van der Waals surface area contributed by atoms with E-state index in [0.717, 1.165) is 16.2 Å². The van der Waals surface area contributed by atoms with Crippen LogP contribution in [0.25, 0.3) is 0 Å². The predicted molar refractivity (Wildman–Crippen MR) is 97.6 cm³/mol. The molecule has 0 saturated carbocycles. The van der Waals surface area contributed by atoms with Crippen LogP contribution in [-0.2, 0) is 37.9 Å². The summed E-state index contributed by atoms with van der Waals surface area (Å²) in [5.41, 5.74) is 0.572. The number of para-hydroxylation sites is 1. The summed E-state index contributed by atoms with van der Waals surface area (Å²) in [5, 5.41) is 22.3. The molecule has 0 aliphatic heterocycles. The van der Waals surface area contributed by atoms with E-state index in [1.165, 1.54) is 0 Å². The maximum absolute atomic E-state index is 10.6. The monoisotopic (exact) mass is 437 g/mol. The Morgan fingerprint density at radius 3 is 1.83 bits per heavy atom. The van der Waals surface area contributed by atoms with E-state index in [1.54, 1.807) is 21.0 Å². The third-order valence-corrected chi connectivity index (χ3v) is 3.59. The van der Waals surface area contributed by atoms with Crippen LogP contribution >= 0.6 is 0 Å². The van der Waals surface area contributed by atoms with Crippen LogP contribution in [0.1, 0.15) is 31.0 Å². The van der Waals surface area contributed by atoms with E-state index in [2.05, 4.69) is 20.0 Å². The van der Waals surface area contributed by atoms with Crippen molar-refractivity contribution in [2.75, 3.05) is 7.11 Å². The van der Waals surface area contributed by atoms with Crippen molar-refractivity contribution < 1.29 is 46.4 Å². The number of hydrogen-bond acceptors (Lipinski definition) is 4. The zero-order valence-corrected chi connectivity index (χ0v) is 17.6. The molecule has 29 heavy (non-hydrogen) atoms. The summed E-state index contributed by atoms with van der Waals surface area (Å²) >= 11 is 0. The maximum atomic E-state index is 10.6. The molecule has 2 aromatic carbocycles. The number of ether oxygens (including phenoxy) is 1. The third kappa shape index (κ3) is 10.8. The molecule has 1 atom stereocenters. The number of hydroxylamine groups is 2. The number of nitrogens with zero attached hydrogens (tertiary/aromatic N) is 1. The SMILES string of the molecule is COc1ccccc1C(N(O)Cc1ccccc1)C(C)(C)O.[C-]#[O+].[C-]#[O+].[C-]#[O+].[Cr]. The first-order chi connectivity index (χ1) is 13.4. The Hall–Kier alpha value is -2.13. The first-order valence-corrected chi connectivity index (χ1v) is 7.89. The molecule has 0 amide bonds. The summed E-state index contributed by atoms with van der Waals surface area (Å²) in [6, 6.07) is 16.5. The van der Waals surface area contributed by atoms with Crippen LogP contribution in [0.2, 0.25) is 0 Å². The van der Waals surface area contributed by atoms with Gasteiger partial charge in [-0.25, -0.2) is 0 Å². The van der Waals surface area contributed by atoms with Gasteiger partial charge in [-0.3, -0.25) is 0 Å². The summed E-state index contributed by atoms with van der Waals surface area (Å²) in [5.74, 6) is 0.640. The zero-order valence-electron chi connectivity index (χ0n) is 16.4. The summed E-state index contributed by atoms with van der Waals surface area (Å²) in [6.07, 6.45) is 0. The van der Waals surface area contributed by atoms with Crippen molar-refractivity contribution in [2.24, 2.45) is 0 Å². The third-order valence-electron chi connectivity index (χ3n) is 3.59. The molecule has 2 aromatic rings. The van der Waals surface area contributed by atoms with Gasteiger partial charge in [-0.1, -0.05) is 48.5 Å². The average Bonchev–Trinajstić information content (AvgIpc) is 2.73. The second-order valence-corrected chi connectivity index (χ2v) is 5.88. The Morgan fingerprint density at radius 2 is 1.38 bits per heavy atom. The van der Waals surface area contributed by atoms with Crippen molar-refractivity contribution in [1.29, 1.82) is 0 Å². The Morgan fingerprint density at radius 1 is 0.931 bits per heavy atom. The Balaban J connectivity index is -0.000000883. The van der Waals surface area contributed by atoms with Crippen molar-refractivity contribution in [3.8, 4) is 5.75 Å². The quantitative estimate of drug-likeness (QED) is 0.410. The second-order valence-electron chi connectivity index (χ2n) is 5.88. The molecule has 8 heteroatoms. The molecule has 0 bridgehead atoms. The van der Waals surface area contributed by atoms with Gasteiger partial charge < -0.3 is 15.1 Å². The van der Waals surface area contributed by atoms with Crippen molar-refractivity contribution in [3.63, 3.8) is 0 Å². The molecular weight excluding hydrogens is 414 g/mol. The standard InChI is InChI=1S/C18H23NO3.3CO.Cr/c1-18(2,20)17(15-11-7-8-12-16(15)22-3)19(21)13-14-9-5-4-6-10-14;3*1-2;/h4-12,17,20-21H,13H2,1-3H3;;;;. The molecule has 0 aromatic heterocycles. The molecule has 2 rings (SSSR count). The van der Waals surface area contributed by atoms with E-state index < -0.39 is 11.6 Å². The second kappa shape index (κ2) is 17.9. The van der Waals surface area contributed by atoms with Crippen molar-refractivity contribution in [2.45, 2.75) is 32.0 Å². The Bertz CT molecular complexity index is 711. The van der Waals surface area contributed by atoms with E-state index in [1.807, 2.05) is 54.6 Å². The first-order valence-electron chi connectivity index (χ1n) is 7.89. The molecule has 154 valence electrons. The first kappa shape index (κ1) is 31.6. The van der Waals surface area contributed by atoms with E-state index >= 15 is 0 Å². The molecule has 0 aliphatic carbocycles. The van der Waals surface area contributed by atoms with Gasteiger partial charge in [-0.15, -0.1) is 0 Å². The van der Waals surface area contributed by atoms with E-state index in [4.69, 9.17) is 18.7 Å². The fourth-order valence-corrected chi connectivity index (χ4v) is 2.66. The molecule has 0 spiro atoms. The zero-order chi connectivity index (χ0) is 22.2. The van der Waals surface area contributed by atoms with Crippen LogP contribution < -0.4 is 4.74 Å². The molecule has 0 heterocycles. The minimum atomic E-state index is -1.14. The number of hydrogen-bond donors (Lipinski definition) is 2. The number of methoxy groups -OCH3 is 1. The van der Waals surface area contributed by atoms with Gasteiger partial charge in [-0.05, 0) is 25.5 Å². The topological polar surface area (TPSA) is 113 Å². The average molecular weight is 437 g/mol. The van der Waals surface area contributed by atoms with Gasteiger partial charge in [-0.2, -0.15) is 5.06 Å². The van der Waals surface area contributed by atoms with Gasteiger partial charge in [0.2, 0.25) is 0 Å². The van der Waals surface area contributed by atoms with E-state index in [9.17, 15) is 10.3 Å². The van der Waals surface area contributed by atoms with Gasteiger partial charge in [0.25, 0.3) is 0 Å². The number of benzene rings is 2. The summed E-state index contributed by atoms with van der Waals surface area (Å²) < 4.78 is 27.9. The molecule has 0 fully saturated rings. The Kier molecular flexibility index (Phi) is 19.5. The minimum Gasteiger partial charge on any atom is 0 e. The van der Waals surface area contributed by atoms with Gasteiger partial charge in [0.15, 0.2) is 0 Å². The van der Waals surface area contributed by atoms with Gasteiger partial charge in [0, 0.05) is 29.5 Å². The van der Waals surface area contributed by atoms with Gasteiger partial charge >= 0.3 is 33.9 Å². The van der Waals surface area contributed by atoms with Crippen LogP contribution in [0, 0.1) is 20.0 Å². The fourth-order valence-electron chi connectivity index (χ4n) is 2.66. The molecule has 0 radical (unpaired) electrons. The van der Waals surface area contributed by atoms with Gasteiger partial charge in [0.05, 0.1) is 18.8 Å². The van der Waals surface area contributed by atoms with Crippen LogP contribution in [0.4, 0.5) is 0 Å². The van der Waals surface area contributed by atoms with Crippen LogP contribution in [-0.4, -0.2) is 28.1 Å². The molecular formula is C21H23CrNO6. The van der Waals surface area contributed by atoms with Gasteiger partial charge in [0.1, 0.15) is 5.75 Å². The maximum Gasteiger partial charge on any atom is 0 e. The van der Waals surface area contributed by atoms with E-state index in [0.29, 0.717) is 12.3 Å². The predicted octanol–water partition coefficient (Wildman–Crippen LogP) is 3.28. The minimum absolute atomic E-state index is 0. The largest absolute Gasteiger partial charge is 0 e. The van der Waals surface area contributed by atoms with E-state index in [-0.39, 0.29) is 17.4 Å². The van der Waals surface area contributed by atoms with Crippen molar-refractivity contribution in [1.82, 2.24) is 5.06 Å². The summed E-state index contributed by atoms with van der Waals surface area (Å²) in [7, 11) is 1.58. The molecule has 2 N–H and O–H groups in total. The number of aliphatic hydroxyl groups is 1. The molecule has 1 unspecified atom stereocenters. The molecule has 0 saturated heterocycles. The van der Waals surface area contributed by atoms with Crippen LogP contribution in [0.15, 0.2) is 54.6 Å². The smallest absolute Gasteiger partial charge is 0 e. The fraction of sp³-hybridized carbons (Fsp3) is 0.286. The number of rotatable bonds is 6. The summed E-state index contributed by atoms with van der Waals surface area (Å²) in [4.78, 5) is 0. The van der Waals surface area contributed by atoms with Crippen molar-refractivity contribution >= 4 is 0 Å². The molecule has 0 aliphatic rings. The normalized spacial score (nSPS) is 10.2.